The number of ether oxygens (including phenoxy) is 2. The molecule has 0 spiro atoms. The van der Waals surface area contributed by atoms with E-state index in [2.05, 4.69) is 36.4 Å². The molecule has 0 saturated carbocycles. The van der Waals surface area contributed by atoms with E-state index in [9.17, 15) is 9.59 Å². The van der Waals surface area contributed by atoms with Gasteiger partial charge >= 0.3 is 11.9 Å². The Morgan fingerprint density at radius 3 is 1.36 bits per heavy atom. The molecule has 0 radical (unpaired) electrons. The van der Waals surface area contributed by atoms with Crippen molar-refractivity contribution in [3.05, 3.63) is 96.1 Å². The number of hydrogen-bond donors (Lipinski definition) is 0. The van der Waals surface area contributed by atoms with E-state index in [0.29, 0.717) is 11.1 Å². The quantitative estimate of drug-likeness (QED) is 0.225. The van der Waals surface area contributed by atoms with Crippen molar-refractivity contribution < 1.29 is 19.1 Å². The highest BCUT2D eigenvalue weighted by Gasteiger charge is 2.21. The first-order valence-electron chi connectivity index (χ1n) is 11.3. The molecule has 0 unspecified atom stereocenters. The van der Waals surface area contributed by atoms with Crippen molar-refractivity contribution in [2.45, 2.75) is 0 Å². The molecule has 0 aliphatic rings. The zero-order valence-corrected chi connectivity index (χ0v) is 21.2. The van der Waals surface area contributed by atoms with Gasteiger partial charge < -0.3 is 9.47 Å². The second-order valence-electron chi connectivity index (χ2n) is 8.42. The molecule has 6 heteroatoms. The second kappa shape index (κ2) is 8.90. The fraction of sp³-hybridized carbons (Fsp3) is 0.0667. The number of methoxy groups -OCH3 is 2. The van der Waals surface area contributed by atoms with Gasteiger partial charge in [0.25, 0.3) is 0 Å². The van der Waals surface area contributed by atoms with E-state index in [0.717, 1.165) is 51.8 Å². The molecule has 2 heterocycles. The molecule has 176 valence electrons. The van der Waals surface area contributed by atoms with E-state index < -0.39 is 11.9 Å². The summed E-state index contributed by atoms with van der Waals surface area (Å²) in [7, 11) is 2.79. The number of esters is 2. The minimum Gasteiger partial charge on any atom is -0.465 e. The molecule has 6 aromatic rings. The van der Waals surface area contributed by atoms with Crippen LogP contribution in [0.5, 0.6) is 0 Å². The Balaban J connectivity index is 1.61. The molecule has 0 amide bonds. The molecule has 0 aliphatic heterocycles. The molecule has 0 bridgehead atoms. The molecule has 4 aromatic carbocycles. The van der Waals surface area contributed by atoms with Gasteiger partial charge in [0.05, 0.1) is 25.3 Å². The van der Waals surface area contributed by atoms with Crippen LogP contribution in [0.25, 0.3) is 51.8 Å². The predicted octanol–water partition coefficient (Wildman–Crippen LogP) is 8.18. The Morgan fingerprint density at radius 1 is 0.556 bits per heavy atom. The summed E-state index contributed by atoms with van der Waals surface area (Å²) in [5.74, 6) is -0.797. The summed E-state index contributed by atoms with van der Waals surface area (Å²) >= 11 is 3.24. The lowest BCUT2D eigenvalue weighted by molar-refractivity contribution is 0.0592. The van der Waals surface area contributed by atoms with Crippen LogP contribution in [-0.4, -0.2) is 26.2 Å². The molecule has 0 aliphatic carbocycles. The standard InChI is InChI=1S/C30H20O4S2/c1-33-29(31)23-13-19-12-22(28-16-18-8-4-6-10-26(18)36-28)24(30(32)34-2)14-20(19)11-21(23)27-15-17-7-3-5-9-25(17)35-27/h3-16H,1-2H3. The van der Waals surface area contributed by atoms with E-state index in [4.69, 9.17) is 9.47 Å². The number of carbonyl (C=O) groups excluding carboxylic acids is 2. The summed E-state index contributed by atoms with van der Waals surface area (Å²) in [6.07, 6.45) is 0. The van der Waals surface area contributed by atoms with Gasteiger partial charge in [0.2, 0.25) is 0 Å². The minimum atomic E-state index is -0.398. The molecule has 0 fully saturated rings. The first-order valence-corrected chi connectivity index (χ1v) is 13.0. The smallest absolute Gasteiger partial charge is 0.338 e. The SMILES string of the molecule is COC(=O)c1cc2cc(-c3cc4ccccc4s3)c(C(=O)OC)cc2cc1-c1cc2ccccc2s1. The Bertz CT molecular complexity index is 1610. The van der Waals surface area contributed by atoms with Gasteiger partial charge in [-0.15, -0.1) is 22.7 Å². The van der Waals surface area contributed by atoms with E-state index in [1.165, 1.54) is 14.2 Å². The second-order valence-corrected chi connectivity index (χ2v) is 10.6. The van der Waals surface area contributed by atoms with Gasteiger partial charge in [-0.1, -0.05) is 36.4 Å². The van der Waals surface area contributed by atoms with Crippen molar-refractivity contribution in [2.75, 3.05) is 14.2 Å². The van der Waals surface area contributed by atoms with Crippen LogP contribution in [0.2, 0.25) is 0 Å². The highest BCUT2D eigenvalue weighted by Crippen LogP contribution is 2.41. The Hall–Kier alpha value is -4.00. The van der Waals surface area contributed by atoms with Gasteiger partial charge in [0, 0.05) is 30.3 Å². The van der Waals surface area contributed by atoms with Crippen LogP contribution >= 0.6 is 22.7 Å². The Labute approximate surface area is 215 Å². The molecule has 0 saturated heterocycles. The van der Waals surface area contributed by atoms with E-state index in [1.807, 2.05) is 48.5 Å². The summed E-state index contributed by atoms with van der Waals surface area (Å²) < 4.78 is 12.6. The van der Waals surface area contributed by atoms with Gasteiger partial charge in [-0.2, -0.15) is 0 Å². The largest absolute Gasteiger partial charge is 0.465 e. The number of fused-ring (bicyclic) bond motifs is 3. The van der Waals surface area contributed by atoms with Crippen LogP contribution < -0.4 is 0 Å². The monoisotopic (exact) mass is 508 g/mol. The first-order chi connectivity index (χ1) is 17.6. The summed E-state index contributed by atoms with van der Waals surface area (Å²) in [6, 6.07) is 28.1. The highest BCUT2D eigenvalue weighted by atomic mass is 32.1. The van der Waals surface area contributed by atoms with Crippen molar-refractivity contribution >= 4 is 65.6 Å². The minimum absolute atomic E-state index is 0.398. The average Bonchev–Trinajstić information content (AvgIpc) is 3.55. The van der Waals surface area contributed by atoms with Crippen LogP contribution in [0, 0.1) is 0 Å². The predicted molar refractivity (Wildman–Crippen MR) is 148 cm³/mol. The molecule has 6 rings (SSSR count). The third-order valence-corrected chi connectivity index (χ3v) is 8.60. The number of thiophene rings is 2. The maximum absolute atomic E-state index is 12.9. The summed E-state index contributed by atoms with van der Waals surface area (Å²) in [6.45, 7) is 0. The fourth-order valence-corrected chi connectivity index (χ4v) is 6.73. The third kappa shape index (κ3) is 3.75. The number of carbonyl (C=O) groups is 2. The zero-order valence-electron chi connectivity index (χ0n) is 19.5. The Morgan fingerprint density at radius 2 is 0.972 bits per heavy atom. The summed E-state index contributed by atoms with van der Waals surface area (Å²) in [5.41, 5.74) is 2.54. The van der Waals surface area contributed by atoms with Crippen LogP contribution in [0.15, 0.2) is 84.9 Å². The van der Waals surface area contributed by atoms with Gasteiger partial charge in [0.1, 0.15) is 0 Å². The summed E-state index contributed by atoms with van der Waals surface area (Å²) in [5, 5.41) is 3.92. The summed E-state index contributed by atoms with van der Waals surface area (Å²) in [4.78, 5) is 27.7. The topological polar surface area (TPSA) is 52.6 Å². The van der Waals surface area contributed by atoms with Gasteiger partial charge in [0.15, 0.2) is 0 Å². The van der Waals surface area contributed by atoms with Crippen molar-refractivity contribution in [3.63, 3.8) is 0 Å². The van der Waals surface area contributed by atoms with Crippen LogP contribution in [0.3, 0.4) is 0 Å². The lowest BCUT2D eigenvalue weighted by Gasteiger charge is -2.13. The lowest BCUT2D eigenvalue weighted by atomic mass is 9.94. The highest BCUT2D eigenvalue weighted by molar-refractivity contribution is 7.22. The van der Waals surface area contributed by atoms with Crippen molar-refractivity contribution in [2.24, 2.45) is 0 Å². The molecule has 0 atom stereocenters. The van der Waals surface area contributed by atoms with E-state index in [-0.39, 0.29) is 0 Å². The normalized spacial score (nSPS) is 11.3. The molecule has 36 heavy (non-hydrogen) atoms. The van der Waals surface area contributed by atoms with Crippen molar-refractivity contribution in [1.82, 2.24) is 0 Å². The Kier molecular flexibility index (Phi) is 5.55. The maximum atomic E-state index is 12.9. The fourth-order valence-electron chi connectivity index (χ4n) is 4.54. The third-order valence-electron chi connectivity index (χ3n) is 6.31. The molecular formula is C30H20O4S2. The van der Waals surface area contributed by atoms with Crippen molar-refractivity contribution in [3.8, 4) is 20.9 Å². The van der Waals surface area contributed by atoms with Crippen LogP contribution in [-0.2, 0) is 9.47 Å². The van der Waals surface area contributed by atoms with Gasteiger partial charge in [-0.3, -0.25) is 0 Å². The first kappa shape index (κ1) is 22.5. The average molecular weight is 509 g/mol. The van der Waals surface area contributed by atoms with E-state index in [1.54, 1.807) is 22.7 Å². The van der Waals surface area contributed by atoms with Gasteiger partial charge in [-0.25, -0.2) is 9.59 Å². The molecule has 0 N–H and O–H groups in total. The lowest BCUT2D eigenvalue weighted by Crippen LogP contribution is -2.05. The molecular weight excluding hydrogens is 488 g/mol. The zero-order chi connectivity index (χ0) is 24.8. The van der Waals surface area contributed by atoms with Gasteiger partial charge in [-0.05, 0) is 70.1 Å². The maximum Gasteiger partial charge on any atom is 0.338 e. The molecule has 2 aromatic heterocycles. The number of benzene rings is 4. The molecule has 4 nitrogen and oxygen atoms in total. The van der Waals surface area contributed by atoms with Crippen molar-refractivity contribution in [1.29, 1.82) is 0 Å². The number of rotatable bonds is 4. The van der Waals surface area contributed by atoms with E-state index >= 15 is 0 Å². The van der Waals surface area contributed by atoms with Crippen LogP contribution in [0.1, 0.15) is 20.7 Å². The number of hydrogen-bond acceptors (Lipinski definition) is 6. The van der Waals surface area contributed by atoms with Crippen LogP contribution in [0.4, 0.5) is 0 Å².